The van der Waals surface area contributed by atoms with Gasteiger partial charge in [0.15, 0.2) is 0 Å². The van der Waals surface area contributed by atoms with Crippen LogP contribution < -0.4 is 0 Å². The molecular formula is C43H27N5. The maximum absolute atomic E-state index is 5.37. The Morgan fingerprint density at radius 1 is 0.396 bits per heavy atom. The minimum atomic E-state index is 0.644. The average molecular weight is 614 g/mol. The van der Waals surface area contributed by atoms with E-state index >= 15 is 0 Å². The van der Waals surface area contributed by atoms with Crippen molar-refractivity contribution in [2.24, 2.45) is 0 Å². The van der Waals surface area contributed by atoms with Crippen molar-refractivity contribution < 1.29 is 0 Å². The highest BCUT2D eigenvalue weighted by molar-refractivity contribution is 6.17. The number of hydrogen-bond acceptors (Lipinski definition) is 3. The summed E-state index contributed by atoms with van der Waals surface area (Å²) >= 11 is 0. The molecule has 10 aromatic rings. The van der Waals surface area contributed by atoms with E-state index in [1.807, 2.05) is 30.3 Å². The number of aromatic nitrogens is 5. The van der Waals surface area contributed by atoms with Crippen LogP contribution in [0, 0.1) is 0 Å². The van der Waals surface area contributed by atoms with E-state index in [2.05, 4.69) is 143 Å². The van der Waals surface area contributed by atoms with Crippen molar-refractivity contribution in [3.8, 4) is 34.3 Å². The number of fused-ring (bicyclic) bond motifs is 7. The maximum Gasteiger partial charge on any atom is 0.235 e. The van der Waals surface area contributed by atoms with Gasteiger partial charge in [-0.3, -0.25) is 9.13 Å². The fourth-order valence-electron chi connectivity index (χ4n) is 7.14. The average Bonchev–Trinajstić information content (AvgIpc) is 3.71. The summed E-state index contributed by atoms with van der Waals surface area (Å²) in [6.07, 6.45) is 0. The zero-order valence-electron chi connectivity index (χ0n) is 25.8. The van der Waals surface area contributed by atoms with E-state index in [1.165, 1.54) is 0 Å². The minimum Gasteiger partial charge on any atom is -0.292 e. The predicted molar refractivity (Wildman–Crippen MR) is 197 cm³/mol. The molecule has 0 atom stereocenters. The number of benzene rings is 7. The zero-order chi connectivity index (χ0) is 31.6. The van der Waals surface area contributed by atoms with E-state index in [9.17, 15) is 0 Å². The Bertz CT molecular complexity index is 2820. The van der Waals surface area contributed by atoms with Crippen molar-refractivity contribution in [2.75, 3.05) is 0 Å². The molecule has 0 N–H and O–H groups in total. The number of para-hydroxylation sites is 3. The smallest absolute Gasteiger partial charge is 0.235 e. The molecule has 5 nitrogen and oxygen atoms in total. The Morgan fingerprint density at radius 2 is 1.06 bits per heavy atom. The molecule has 0 saturated carbocycles. The highest BCUT2D eigenvalue weighted by atomic mass is 15.2. The van der Waals surface area contributed by atoms with Gasteiger partial charge in [-0.1, -0.05) is 121 Å². The van der Waals surface area contributed by atoms with E-state index < -0.39 is 0 Å². The highest BCUT2D eigenvalue weighted by Crippen LogP contribution is 2.39. The summed E-state index contributed by atoms with van der Waals surface area (Å²) in [5, 5.41) is 5.56. The van der Waals surface area contributed by atoms with Gasteiger partial charge in [-0.25, -0.2) is 15.0 Å². The van der Waals surface area contributed by atoms with Gasteiger partial charge >= 0.3 is 0 Å². The van der Waals surface area contributed by atoms with Crippen LogP contribution in [-0.4, -0.2) is 24.1 Å². The summed E-state index contributed by atoms with van der Waals surface area (Å²) in [5.41, 5.74) is 9.15. The second-order valence-corrected chi connectivity index (χ2v) is 12.1. The van der Waals surface area contributed by atoms with Crippen LogP contribution in [0.2, 0.25) is 0 Å². The van der Waals surface area contributed by atoms with Gasteiger partial charge in [0.2, 0.25) is 5.95 Å². The summed E-state index contributed by atoms with van der Waals surface area (Å²) in [7, 11) is 0. The van der Waals surface area contributed by atoms with E-state index in [0.717, 1.165) is 82.8 Å². The Balaban J connectivity index is 1.31. The van der Waals surface area contributed by atoms with Crippen molar-refractivity contribution in [2.45, 2.75) is 0 Å². The van der Waals surface area contributed by atoms with Crippen LogP contribution in [0.1, 0.15) is 0 Å². The SMILES string of the molecule is c1ccc(-c2nc(-n3c4ccccc4c4cc5ccc6c(nc(-c7ccccc7)n6-c6ccccc6)c5cc43)nc3ccccc23)cc1. The van der Waals surface area contributed by atoms with Crippen LogP contribution in [-0.2, 0) is 0 Å². The Morgan fingerprint density at radius 3 is 1.85 bits per heavy atom. The molecule has 0 amide bonds. The van der Waals surface area contributed by atoms with Crippen molar-refractivity contribution in [3.63, 3.8) is 0 Å². The monoisotopic (exact) mass is 613 g/mol. The standard InChI is InChI=1S/C43H27N5/c1-4-14-28(15-5-1)40-33-21-10-12-22-36(33)44-43(46-40)48-37-23-13-11-20-32(37)35-26-30-24-25-38-41(34(30)27-39(35)48)45-42(29-16-6-2-7-17-29)47(38)31-18-8-3-9-19-31/h1-27H. The van der Waals surface area contributed by atoms with Gasteiger partial charge in [0.25, 0.3) is 0 Å². The Labute approximate surface area is 276 Å². The molecule has 0 unspecified atom stereocenters. The molecule has 0 saturated heterocycles. The quantitative estimate of drug-likeness (QED) is 0.198. The number of rotatable bonds is 4. The lowest BCUT2D eigenvalue weighted by molar-refractivity contribution is 1.01. The molecule has 10 rings (SSSR count). The van der Waals surface area contributed by atoms with Crippen molar-refractivity contribution in [3.05, 3.63) is 164 Å². The predicted octanol–water partition coefficient (Wildman–Crippen LogP) is 10.6. The number of imidazole rings is 1. The van der Waals surface area contributed by atoms with E-state index in [1.54, 1.807) is 0 Å². The lowest BCUT2D eigenvalue weighted by atomic mass is 10.0. The van der Waals surface area contributed by atoms with Gasteiger partial charge in [0.1, 0.15) is 5.82 Å². The van der Waals surface area contributed by atoms with Gasteiger partial charge < -0.3 is 0 Å². The second kappa shape index (κ2) is 10.5. The molecule has 3 aromatic heterocycles. The Kier molecular flexibility index (Phi) is 5.81. The van der Waals surface area contributed by atoms with Crippen molar-refractivity contribution in [1.29, 1.82) is 0 Å². The van der Waals surface area contributed by atoms with E-state index in [0.29, 0.717) is 5.95 Å². The highest BCUT2D eigenvalue weighted by Gasteiger charge is 2.21. The van der Waals surface area contributed by atoms with Gasteiger partial charge in [-0.05, 0) is 47.9 Å². The van der Waals surface area contributed by atoms with Crippen LogP contribution in [0.15, 0.2) is 164 Å². The van der Waals surface area contributed by atoms with Crippen LogP contribution in [0.3, 0.4) is 0 Å². The van der Waals surface area contributed by atoms with Gasteiger partial charge in [0.05, 0.1) is 33.3 Å². The Hall–Kier alpha value is -6.59. The molecule has 0 aliphatic heterocycles. The first-order chi connectivity index (χ1) is 23.8. The van der Waals surface area contributed by atoms with Crippen LogP contribution in [0.4, 0.5) is 0 Å². The van der Waals surface area contributed by atoms with E-state index in [4.69, 9.17) is 15.0 Å². The first-order valence-electron chi connectivity index (χ1n) is 16.1. The summed E-state index contributed by atoms with van der Waals surface area (Å²) < 4.78 is 4.48. The lowest BCUT2D eigenvalue weighted by Gasteiger charge is -2.12. The largest absolute Gasteiger partial charge is 0.292 e. The molecule has 3 heterocycles. The van der Waals surface area contributed by atoms with Crippen molar-refractivity contribution >= 4 is 54.5 Å². The summed E-state index contributed by atoms with van der Waals surface area (Å²) in [5.74, 6) is 1.56. The van der Waals surface area contributed by atoms with Crippen LogP contribution in [0.5, 0.6) is 0 Å². The zero-order valence-corrected chi connectivity index (χ0v) is 25.8. The van der Waals surface area contributed by atoms with Gasteiger partial charge in [-0.15, -0.1) is 0 Å². The fraction of sp³-hybridized carbons (Fsp3) is 0. The first-order valence-corrected chi connectivity index (χ1v) is 16.1. The third-order valence-corrected chi connectivity index (χ3v) is 9.32. The molecular weight excluding hydrogens is 587 g/mol. The topological polar surface area (TPSA) is 48.5 Å². The third kappa shape index (κ3) is 4.01. The van der Waals surface area contributed by atoms with E-state index in [-0.39, 0.29) is 0 Å². The molecule has 0 aliphatic carbocycles. The van der Waals surface area contributed by atoms with Crippen molar-refractivity contribution in [1.82, 2.24) is 24.1 Å². The molecule has 0 fully saturated rings. The molecule has 0 bridgehead atoms. The molecule has 5 heteroatoms. The molecule has 48 heavy (non-hydrogen) atoms. The molecule has 0 radical (unpaired) electrons. The van der Waals surface area contributed by atoms with Crippen LogP contribution in [0.25, 0.3) is 88.8 Å². The summed E-state index contributed by atoms with van der Waals surface area (Å²) in [6, 6.07) is 57.1. The van der Waals surface area contributed by atoms with Crippen LogP contribution >= 0.6 is 0 Å². The summed E-state index contributed by atoms with van der Waals surface area (Å²) in [4.78, 5) is 15.8. The molecule has 224 valence electrons. The number of hydrogen-bond donors (Lipinski definition) is 0. The maximum atomic E-state index is 5.37. The normalized spacial score (nSPS) is 11.8. The van der Waals surface area contributed by atoms with Gasteiger partial charge in [-0.2, -0.15) is 0 Å². The minimum absolute atomic E-state index is 0.644. The fourth-order valence-corrected chi connectivity index (χ4v) is 7.14. The summed E-state index contributed by atoms with van der Waals surface area (Å²) in [6.45, 7) is 0. The second-order valence-electron chi connectivity index (χ2n) is 12.1. The third-order valence-electron chi connectivity index (χ3n) is 9.32. The molecule has 0 aliphatic rings. The molecule has 7 aromatic carbocycles. The van der Waals surface area contributed by atoms with Gasteiger partial charge in [0, 0.05) is 38.4 Å². The first kappa shape index (κ1) is 26.6. The number of nitrogens with zero attached hydrogens (tertiary/aromatic N) is 5. The lowest BCUT2D eigenvalue weighted by Crippen LogP contribution is -2.03. The molecule has 0 spiro atoms.